The summed E-state index contributed by atoms with van der Waals surface area (Å²) in [5.74, 6) is 5.32. The summed E-state index contributed by atoms with van der Waals surface area (Å²) in [7, 11) is 0. The second-order valence-corrected chi connectivity index (χ2v) is 4.71. The van der Waals surface area contributed by atoms with E-state index >= 15 is 0 Å². The monoisotopic (exact) mass is 289 g/mol. The van der Waals surface area contributed by atoms with E-state index in [4.69, 9.17) is 10.6 Å². The Hall–Kier alpha value is -0.650. The maximum Gasteiger partial charge on any atom is 0.139 e. The van der Waals surface area contributed by atoms with Crippen LogP contribution < -0.4 is 10.6 Å². The highest BCUT2D eigenvalue weighted by Crippen LogP contribution is 2.34. The normalized spacial score (nSPS) is 15.9. The van der Waals surface area contributed by atoms with Crippen LogP contribution in [0.5, 0.6) is 5.75 Å². The lowest BCUT2D eigenvalue weighted by Gasteiger charge is -2.28. The van der Waals surface area contributed by atoms with Crippen molar-refractivity contribution in [1.29, 1.82) is 0 Å². The van der Waals surface area contributed by atoms with Crippen molar-refractivity contribution in [3.05, 3.63) is 28.0 Å². The molecule has 0 unspecified atom stereocenters. The van der Waals surface area contributed by atoms with Crippen LogP contribution in [0.1, 0.15) is 24.8 Å². The molecule has 2 rings (SSSR count). The lowest BCUT2D eigenvalue weighted by molar-refractivity contribution is 0.100. The van der Waals surface area contributed by atoms with Crippen LogP contribution in [0.2, 0.25) is 0 Å². The first-order chi connectivity index (χ1) is 7.70. The quantitative estimate of drug-likeness (QED) is 0.867. The molecule has 3 nitrogen and oxygen atoms in total. The smallest absolute Gasteiger partial charge is 0.139 e. The summed E-state index contributed by atoms with van der Waals surface area (Å²) in [5.41, 5.74) is 0.626. The van der Waals surface area contributed by atoms with Gasteiger partial charge in [0.15, 0.2) is 0 Å². The van der Waals surface area contributed by atoms with Crippen molar-refractivity contribution in [2.45, 2.75) is 32.0 Å². The topological polar surface area (TPSA) is 44.5 Å². The molecule has 0 atom stereocenters. The molecule has 0 bridgehead atoms. The van der Waals surface area contributed by atoms with Gasteiger partial charge in [-0.05, 0) is 47.3 Å². The van der Waals surface area contributed by atoms with E-state index in [1.54, 1.807) is 0 Å². The first-order valence-electron chi connectivity index (χ1n) is 5.17. The molecule has 0 aromatic heterocycles. The maximum atomic E-state index is 13.2. The summed E-state index contributed by atoms with van der Waals surface area (Å²) in [6.07, 6.45) is 3.52. The Balaban J connectivity index is 2.24. The zero-order valence-corrected chi connectivity index (χ0v) is 10.3. The molecule has 1 saturated carbocycles. The van der Waals surface area contributed by atoms with Crippen LogP contribution in [0.3, 0.4) is 0 Å². The Labute approximate surface area is 102 Å². The van der Waals surface area contributed by atoms with Gasteiger partial charge >= 0.3 is 0 Å². The van der Waals surface area contributed by atoms with E-state index in [0.717, 1.165) is 12.8 Å². The third-order valence-corrected chi connectivity index (χ3v) is 3.25. The summed E-state index contributed by atoms with van der Waals surface area (Å²) < 4.78 is 19.6. The van der Waals surface area contributed by atoms with Gasteiger partial charge in [0.1, 0.15) is 11.6 Å². The molecule has 16 heavy (non-hydrogen) atoms. The SMILES string of the molecule is NOCc1cc(F)cc(Br)c1OC1CCC1. The Morgan fingerprint density at radius 3 is 2.75 bits per heavy atom. The van der Waals surface area contributed by atoms with Gasteiger partial charge in [0.05, 0.1) is 17.2 Å². The molecular weight excluding hydrogens is 277 g/mol. The Morgan fingerprint density at radius 1 is 1.44 bits per heavy atom. The van der Waals surface area contributed by atoms with Crippen molar-refractivity contribution in [2.24, 2.45) is 5.90 Å². The number of ether oxygens (including phenoxy) is 1. The molecule has 1 aliphatic carbocycles. The van der Waals surface area contributed by atoms with Crippen molar-refractivity contribution in [1.82, 2.24) is 0 Å². The molecule has 2 N–H and O–H groups in total. The molecule has 1 aliphatic rings. The molecule has 1 fully saturated rings. The Morgan fingerprint density at radius 2 is 2.19 bits per heavy atom. The van der Waals surface area contributed by atoms with Crippen molar-refractivity contribution in [3.8, 4) is 5.75 Å². The number of halogens is 2. The van der Waals surface area contributed by atoms with E-state index in [2.05, 4.69) is 20.8 Å². The second kappa shape index (κ2) is 5.12. The molecule has 1 aromatic carbocycles. The molecule has 0 radical (unpaired) electrons. The summed E-state index contributed by atoms with van der Waals surface area (Å²) in [4.78, 5) is 4.54. The van der Waals surface area contributed by atoms with E-state index in [-0.39, 0.29) is 18.5 Å². The van der Waals surface area contributed by atoms with Gasteiger partial charge < -0.3 is 4.74 Å². The summed E-state index contributed by atoms with van der Waals surface area (Å²) in [5, 5.41) is 0. The molecule has 1 aromatic rings. The highest BCUT2D eigenvalue weighted by Gasteiger charge is 2.22. The van der Waals surface area contributed by atoms with Crippen LogP contribution in [0, 0.1) is 5.82 Å². The number of nitrogens with two attached hydrogens (primary N) is 1. The minimum atomic E-state index is -0.333. The number of hydrogen-bond acceptors (Lipinski definition) is 3. The average molecular weight is 290 g/mol. The summed E-state index contributed by atoms with van der Waals surface area (Å²) >= 11 is 3.29. The van der Waals surface area contributed by atoms with Gasteiger partial charge in [0.2, 0.25) is 0 Å². The molecule has 0 heterocycles. The van der Waals surface area contributed by atoms with Gasteiger partial charge in [-0.3, -0.25) is 4.84 Å². The van der Waals surface area contributed by atoms with E-state index in [1.807, 2.05) is 0 Å². The minimum Gasteiger partial charge on any atom is -0.489 e. The predicted molar refractivity (Wildman–Crippen MR) is 61.3 cm³/mol. The van der Waals surface area contributed by atoms with Gasteiger partial charge in [-0.25, -0.2) is 10.3 Å². The van der Waals surface area contributed by atoms with Gasteiger partial charge in [-0.15, -0.1) is 0 Å². The van der Waals surface area contributed by atoms with Gasteiger partial charge in [0, 0.05) is 5.56 Å². The fourth-order valence-corrected chi connectivity index (χ4v) is 2.16. The molecule has 88 valence electrons. The fourth-order valence-electron chi connectivity index (χ4n) is 1.60. The lowest BCUT2D eigenvalue weighted by atomic mass is 9.96. The van der Waals surface area contributed by atoms with Crippen LogP contribution in [0.4, 0.5) is 4.39 Å². The molecule has 5 heteroatoms. The molecule has 0 aliphatic heterocycles. The Bertz CT molecular complexity index is 382. The maximum absolute atomic E-state index is 13.2. The van der Waals surface area contributed by atoms with Gasteiger partial charge in [-0.1, -0.05) is 0 Å². The molecule has 0 spiro atoms. The largest absolute Gasteiger partial charge is 0.489 e. The third-order valence-electron chi connectivity index (χ3n) is 2.66. The molecule has 0 amide bonds. The first kappa shape index (κ1) is 11.8. The first-order valence-corrected chi connectivity index (χ1v) is 5.96. The van der Waals surface area contributed by atoms with Crippen molar-refractivity contribution in [2.75, 3.05) is 0 Å². The van der Waals surface area contributed by atoms with Crippen molar-refractivity contribution < 1.29 is 14.0 Å². The average Bonchev–Trinajstić information content (AvgIpc) is 2.14. The van der Waals surface area contributed by atoms with Crippen LogP contribution in [-0.2, 0) is 11.4 Å². The summed E-state index contributed by atoms with van der Waals surface area (Å²) in [6, 6.07) is 2.76. The van der Waals surface area contributed by atoms with E-state index in [0.29, 0.717) is 15.8 Å². The van der Waals surface area contributed by atoms with E-state index in [9.17, 15) is 4.39 Å². The predicted octanol–water partition coefficient (Wildman–Crippen LogP) is 2.91. The van der Waals surface area contributed by atoms with Crippen LogP contribution in [0.15, 0.2) is 16.6 Å². The minimum absolute atomic E-state index is 0.137. The van der Waals surface area contributed by atoms with E-state index < -0.39 is 0 Å². The third kappa shape index (κ3) is 2.53. The van der Waals surface area contributed by atoms with E-state index in [1.165, 1.54) is 18.6 Å². The highest BCUT2D eigenvalue weighted by atomic mass is 79.9. The molecular formula is C11H13BrFNO2. The van der Waals surface area contributed by atoms with Crippen molar-refractivity contribution >= 4 is 15.9 Å². The second-order valence-electron chi connectivity index (χ2n) is 3.86. The summed E-state index contributed by atoms with van der Waals surface area (Å²) in [6.45, 7) is 0.137. The van der Waals surface area contributed by atoms with Crippen LogP contribution in [0.25, 0.3) is 0 Å². The zero-order chi connectivity index (χ0) is 11.5. The number of hydrogen-bond donors (Lipinski definition) is 1. The van der Waals surface area contributed by atoms with Gasteiger partial charge in [0.25, 0.3) is 0 Å². The number of benzene rings is 1. The zero-order valence-electron chi connectivity index (χ0n) is 8.71. The lowest BCUT2D eigenvalue weighted by Crippen LogP contribution is -2.25. The van der Waals surface area contributed by atoms with Crippen LogP contribution >= 0.6 is 15.9 Å². The van der Waals surface area contributed by atoms with Crippen LogP contribution in [-0.4, -0.2) is 6.10 Å². The number of rotatable bonds is 4. The fraction of sp³-hybridized carbons (Fsp3) is 0.455. The highest BCUT2D eigenvalue weighted by molar-refractivity contribution is 9.10. The van der Waals surface area contributed by atoms with Gasteiger partial charge in [-0.2, -0.15) is 0 Å². The van der Waals surface area contributed by atoms with Crippen molar-refractivity contribution in [3.63, 3.8) is 0 Å². The molecule has 0 saturated heterocycles. The Kier molecular flexibility index (Phi) is 3.78. The standard InChI is InChI=1S/C11H13BrFNO2/c12-10-5-8(13)4-7(6-15-14)11(10)16-9-2-1-3-9/h4-5,9H,1-3,6,14H2.